The minimum Gasteiger partial charge on any atom is -0.496 e. The maximum absolute atomic E-state index is 12.8. The maximum Gasteiger partial charge on any atom is 0.273 e. The number of carbonyl (C=O) groups is 1. The number of H-pyrrole nitrogens is 1. The van der Waals surface area contributed by atoms with Gasteiger partial charge in [0, 0.05) is 35.2 Å². The van der Waals surface area contributed by atoms with Gasteiger partial charge in [0.1, 0.15) is 21.5 Å². The third kappa shape index (κ3) is 2.99. The van der Waals surface area contributed by atoms with Crippen molar-refractivity contribution in [3.05, 3.63) is 46.6 Å². The number of amides is 1. The molecule has 0 fully saturated rings. The first-order valence-corrected chi connectivity index (χ1v) is 10.3. The van der Waals surface area contributed by atoms with Crippen LogP contribution in [0.15, 0.2) is 34.0 Å². The van der Waals surface area contributed by atoms with Crippen LogP contribution in [0.2, 0.25) is 0 Å². The number of hydrogen-bond acceptors (Lipinski definition) is 6. The van der Waals surface area contributed by atoms with Crippen molar-refractivity contribution in [3.63, 3.8) is 0 Å². The molecule has 0 saturated heterocycles. The Labute approximate surface area is 159 Å². The van der Waals surface area contributed by atoms with Crippen molar-refractivity contribution >= 4 is 29.0 Å². The number of rotatable bonds is 4. The second-order valence-corrected chi connectivity index (χ2v) is 7.82. The first kappa shape index (κ1) is 17.1. The predicted octanol–water partition coefficient (Wildman–Crippen LogP) is 3.46. The van der Waals surface area contributed by atoms with Gasteiger partial charge in [-0.15, -0.1) is 11.3 Å². The summed E-state index contributed by atoms with van der Waals surface area (Å²) >= 11 is 3.06. The number of benzene rings is 1. The fraction of sp³-hybridized carbons (Fsp3) is 0.278. The molecule has 4 rings (SSSR count). The van der Waals surface area contributed by atoms with Crippen LogP contribution in [0.1, 0.15) is 21.7 Å². The quantitative estimate of drug-likeness (QED) is 0.695. The molecule has 0 saturated carbocycles. The first-order valence-electron chi connectivity index (χ1n) is 8.19. The van der Waals surface area contributed by atoms with Gasteiger partial charge >= 0.3 is 0 Å². The average Bonchev–Trinajstić information content (AvgIpc) is 3.33. The number of nitrogens with zero attached hydrogens (tertiary/aromatic N) is 3. The Bertz CT molecular complexity index is 950. The molecule has 3 aromatic rings. The summed E-state index contributed by atoms with van der Waals surface area (Å²) in [6, 6.07) is 7.80. The summed E-state index contributed by atoms with van der Waals surface area (Å²) in [5.74, 6) is 0.744. The molecule has 1 N–H and O–H groups in total. The van der Waals surface area contributed by atoms with E-state index in [0.717, 1.165) is 39.0 Å². The van der Waals surface area contributed by atoms with E-state index < -0.39 is 0 Å². The van der Waals surface area contributed by atoms with E-state index in [-0.39, 0.29) is 5.91 Å². The number of hydrogen-bond donors (Lipinski definition) is 1. The standard InChI is InChI=1S/C18H18N4O2S2/c1-24-15-6-4-3-5-11(15)16-12-9-22(8-7-13(12)20-21-16)17(23)14-10-26-18(19-14)25-2/h3-6,10H,7-9H2,1-2H3,(H,20,21). The number of fused-ring (bicyclic) bond motifs is 1. The lowest BCUT2D eigenvalue weighted by molar-refractivity contribution is 0.0729. The Morgan fingerprint density at radius 3 is 3.00 bits per heavy atom. The molecule has 0 aliphatic carbocycles. The highest BCUT2D eigenvalue weighted by atomic mass is 32.2. The molecular formula is C18H18N4O2S2. The van der Waals surface area contributed by atoms with E-state index >= 15 is 0 Å². The van der Waals surface area contributed by atoms with Crippen molar-refractivity contribution in [2.75, 3.05) is 19.9 Å². The fourth-order valence-corrected chi connectivity index (χ4v) is 4.38. The van der Waals surface area contributed by atoms with Gasteiger partial charge in [0.15, 0.2) is 0 Å². The van der Waals surface area contributed by atoms with Crippen LogP contribution < -0.4 is 4.74 Å². The van der Waals surface area contributed by atoms with Crippen molar-refractivity contribution in [3.8, 4) is 17.0 Å². The normalized spacial score (nSPS) is 13.5. The highest BCUT2D eigenvalue weighted by molar-refractivity contribution is 8.00. The summed E-state index contributed by atoms with van der Waals surface area (Å²) in [4.78, 5) is 19.1. The van der Waals surface area contributed by atoms with Crippen molar-refractivity contribution in [2.24, 2.45) is 0 Å². The molecule has 1 aliphatic heterocycles. The average molecular weight is 387 g/mol. The van der Waals surface area contributed by atoms with Gasteiger partial charge in [-0.2, -0.15) is 5.10 Å². The van der Waals surface area contributed by atoms with Gasteiger partial charge in [-0.25, -0.2) is 4.98 Å². The predicted molar refractivity (Wildman–Crippen MR) is 103 cm³/mol. The Hall–Kier alpha value is -2.32. The number of ether oxygens (including phenoxy) is 1. The van der Waals surface area contributed by atoms with Gasteiger partial charge in [-0.1, -0.05) is 23.9 Å². The van der Waals surface area contributed by atoms with Crippen LogP contribution in [0.5, 0.6) is 5.75 Å². The molecule has 3 heterocycles. The molecule has 2 aromatic heterocycles. The van der Waals surface area contributed by atoms with Crippen LogP contribution in [-0.2, 0) is 13.0 Å². The zero-order valence-corrected chi connectivity index (χ0v) is 16.1. The van der Waals surface area contributed by atoms with Crippen LogP contribution in [0.4, 0.5) is 0 Å². The monoisotopic (exact) mass is 386 g/mol. The van der Waals surface area contributed by atoms with Crippen LogP contribution in [0.3, 0.4) is 0 Å². The molecule has 8 heteroatoms. The molecule has 0 radical (unpaired) electrons. The summed E-state index contributed by atoms with van der Waals surface area (Å²) < 4.78 is 6.38. The van der Waals surface area contributed by atoms with Gasteiger partial charge in [0.25, 0.3) is 5.91 Å². The third-order valence-corrected chi connectivity index (χ3v) is 6.32. The number of aromatic nitrogens is 3. The molecular weight excluding hydrogens is 368 g/mol. The molecule has 0 spiro atoms. The van der Waals surface area contributed by atoms with E-state index in [1.54, 1.807) is 18.9 Å². The second-order valence-electron chi connectivity index (χ2n) is 5.91. The van der Waals surface area contributed by atoms with E-state index in [1.807, 2.05) is 40.8 Å². The second kappa shape index (κ2) is 7.13. The molecule has 26 heavy (non-hydrogen) atoms. The minimum atomic E-state index is -0.0284. The zero-order valence-electron chi connectivity index (χ0n) is 14.5. The first-order chi connectivity index (χ1) is 12.7. The highest BCUT2D eigenvalue weighted by Crippen LogP contribution is 2.34. The van der Waals surface area contributed by atoms with Crippen molar-refractivity contribution in [2.45, 2.75) is 17.3 Å². The lowest BCUT2D eigenvalue weighted by atomic mass is 10.00. The number of thiazole rings is 1. The summed E-state index contributed by atoms with van der Waals surface area (Å²) in [5.41, 5.74) is 4.43. The van der Waals surface area contributed by atoms with Crippen molar-refractivity contribution in [1.29, 1.82) is 0 Å². The van der Waals surface area contributed by atoms with Crippen LogP contribution >= 0.6 is 23.1 Å². The largest absolute Gasteiger partial charge is 0.496 e. The number of para-hydroxylation sites is 1. The summed E-state index contributed by atoms with van der Waals surface area (Å²) in [6.45, 7) is 1.18. The number of thioether (sulfide) groups is 1. The van der Waals surface area contributed by atoms with Gasteiger partial charge in [0.05, 0.1) is 13.7 Å². The number of nitrogens with one attached hydrogen (secondary N) is 1. The van der Waals surface area contributed by atoms with E-state index in [4.69, 9.17) is 4.74 Å². The maximum atomic E-state index is 12.8. The summed E-state index contributed by atoms with van der Waals surface area (Å²) in [7, 11) is 1.65. The molecule has 6 nitrogen and oxygen atoms in total. The van der Waals surface area contributed by atoms with Crippen molar-refractivity contribution < 1.29 is 9.53 Å². The van der Waals surface area contributed by atoms with Gasteiger partial charge in [0.2, 0.25) is 0 Å². The van der Waals surface area contributed by atoms with Crippen LogP contribution in [0.25, 0.3) is 11.3 Å². The smallest absolute Gasteiger partial charge is 0.273 e. The van der Waals surface area contributed by atoms with Crippen LogP contribution in [-0.4, -0.2) is 45.9 Å². The van der Waals surface area contributed by atoms with Gasteiger partial charge in [-0.3, -0.25) is 9.89 Å². The summed E-state index contributed by atoms with van der Waals surface area (Å²) in [6.07, 6.45) is 2.72. The molecule has 1 amide bonds. The van der Waals surface area contributed by atoms with Gasteiger partial charge in [-0.05, 0) is 18.4 Å². The SMILES string of the molecule is COc1ccccc1-c1n[nH]c2c1CN(C(=O)c1csc(SC)n1)CC2. The Balaban J connectivity index is 1.64. The van der Waals surface area contributed by atoms with E-state index in [1.165, 1.54) is 11.3 Å². The van der Waals surface area contributed by atoms with Gasteiger partial charge < -0.3 is 9.64 Å². The van der Waals surface area contributed by atoms with E-state index in [2.05, 4.69) is 15.2 Å². The summed E-state index contributed by atoms with van der Waals surface area (Å²) in [5, 5.41) is 9.46. The molecule has 1 aliphatic rings. The van der Waals surface area contributed by atoms with E-state index in [0.29, 0.717) is 18.8 Å². The number of methoxy groups -OCH3 is 1. The Morgan fingerprint density at radius 1 is 1.38 bits per heavy atom. The molecule has 1 aromatic carbocycles. The highest BCUT2D eigenvalue weighted by Gasteiger charge is 2.28. The number of carbonyl (C=O) groups excluding carboxylic acids is 1. The topological polar surface area (TPSA) is 71.1 Å². The Morgan fingerprint density at radius 2 is 2.23 bits per heavy atom. The minimum absolute atomic E-state index is 0.0284. The lowest BCUT2D eigenvalue weighted by Crippen LogP contribution is -2.36. The van der Waals surface area contributed by atoms with Crippen LogP contribution in [0, 0.1) is 0 Å². The van der Waals surface area contributed by atoms with Crippen molar-refractivity contribution in [1.82, 2.24) is 20.1 Å². The zero-order chi connectivity index (χ0) is 18.1. The number of aromatic amines is 1. The fourth-order valence-electron chi connectivity index (χ4n) is 3.14. The molecule has 0 unspecified atom stereocenters. The molecule has 0 atom stereocenters. The Kier molecular flexibility index (Phi) is 4.69. The van der Waals surface area contributed by atoms with E-state index in [9.17, 15) is 4.79 Å². The lowest BCUT2D eigenvalue weighted by Gasteiger charge is -2.26. The molecule has 134 valence electrons. The third-order valence-electron chi connectivity index (χ3n) is 4.46. The molecule has 0 bridgehead atoms.